The molecule has 4 rings (SSSR count). The average molecular weight is 412 g/mol. The van der Waals surface area contributed by atoms with E-state index in [4.69, 9.17) is 5.73 Å². The van der Waals surface area contributed by atoms with E-state index in [1.165, 1.54) is 5.57 Å². The summed E-state index contributed by atoms with van der Waals surface area (Å²) < 4.78 is 14.9. The predicted octanol–water partition coefficient (Wildman–Crippen LogP) is 3.06. The summed E-state index contributed by atoms with van der Waals surface area (Å²) in [6.45, 7) is 5.89. The smallest absolute Gasteiger partial charge is 0.149 e. The van der Waals surface area contributed by atoms with Gasteiger partial charge in [-0.1, -0.05) is 44.5 Å². The summed E-state index contributed by atoms with van der Waals surface area (Å²) in [5.41, 5.74) is 9.56. The molecule has 0 saturated carbocycles. The van der Waals surface area contributed by atoms with Crippen LogP contribution in [0, 0.1) is 5.92 Å². The number of fused-ring (bicyclic) bond motifs is 1. The van der Waals surface area contributed by atoms with Gasteiger partial charge in [0.25, 0.3) is 0 Å². The Morgan fingerprint density at radius 3 is 2.83 bits per heavy atom. The SMILES string of the molecule is CCCC(C)C1NC(C2=CCN(S(=O)c3ccccc3)CC2)=C2C(N)=NC=CN21. The van der Waals surface area contributed by atoms with Crippen molar-refractivity contribution in [1.29, 1.82) is 0 Å². The third-order valence-electron chi connectivity index (χ3n) is 5.73. The molecule has 1 aromatic rings. The highest BCUT2D eigenvalue weighted by atomic mass is 32.2. The first kappa shape index (κ1) is 19.9. The molecule has 0 aromatic heterocycles. The predicted molar refractivity (Wildman–Crippen MR) is 118 cm³/mol. The van der Waals surface area contributed by atoms with Gasteiger partial charge < -0.3 is 16.0 Å². The number of hydrogen-bond acceptors (Lipinski definition) is 5. The second-order valence-electron chi connectivity index (χ2n) is 7.73. The summed E-state index contributed by atoms with van der Waals surface area (Å²) in [6.07, 6.45) is 9.26. The number of nitrogens with zero attached hydrogens (tertiary/aromatic N) is 3. The van der Waals surface area contributed by atoms with E-state index in [1.54, 1.807) is 6.20 Å². The van der Waals surface area contributed by atoms with Gasteiger partial charge in [-0.25, -0.2) is 13.5 Å². The molecule has 1 aromatic carbocycles. The molecule has 0 aliphatic carbocycles. The van der Waals surface area contributed by atoms with Crippen LogP contribution < -0.4 is 11.1 Å². The molecule has 0 radical (unpaired) electrons. The molecule has 0 saturated heterocycles. The van der Waals surface area contributed by atoms with Crippen LogP contribution in [-0.4, -0.2) is 38.5 Å². The van der Waals surface area contributed by atoms with Crippen LogP contribution in [0.4, 0.5) is 0 Å². The van der Waals surface area contributed by atoms with Crippen molar-refractivity contribution in [2.45, 2.75) is 44.2 Å². The van der Waals surface area contributed by atoms with Gasteiger partial charge in [-0.05, 0) is 36.5 Å². The van der Waals surface area contributed by atoms with Crippen LogP contribution >= 0.6 is 0 Å². The monoisotopic (exact) mass is 411 g/mol. The van der Waals surface area contributed by atoms with Crippen molar-refractivity contribution >= 4 is 16.8 Å². The molecular formula is C22H29N5OS. The zero-order valence-corrected chi connectivity index (χ0v) is 17.9. The minimum absolute atomic E-state index is 0.183. The maximum atomic E-state index is 12.8. The van der Waals surface area contributed by atoms with E-state index in [9.17, 15) is 4.21 Å². The molecule has 6 nitrogen and oxygen atoms in total. The lowest BCUT2D eigenvalue weighted by Crippen LogP contribution is -2.42. The van der Waals surface area contributed by atoms with E-state index in [0.717, 1.165) is 42.1 Å². The van der Waals surface area contributed by atoms with Crippen molar-refractivity contribution in [1.82, 2.24) is 14.5 Å². The Balaban J connectivity index is 1.55. The minimum atomic E-state index is -1.14. The van der Waals surface area contributed by atoms with Crippen LogP contribution in [0.25, 0.3) is 0 Å². The second kappa shape index (κ2) is 8.55. The fraction of sp³-hybridized carbons (Fsp3) is 0.409. The zero-order valence-electron chi connectivity index (χ0n) is 17.0. The molecule has 3 unspecified atom stereocenters. The van der Waals surface area contributed by atoms with E-state index >= 15 is 0 Å². The van der Waals surface area contributed by atoms with Crippen molar-refractivity contribution < 1.29 is 4.21 Å². The van der Waals surface area contributed by atoms with Gasteiger partial charge in [0.2, 0.25) is 0 Å². The third-order valence-corrected chi connectivity index (χ3v) is 7.20. The van der Waals surface area contributed by atoms with Gasteiger partial charge in [-0.3, -0.25) is 0 Å². The number of benzene rings is 1. The van der Waals surface area contributed by atoms with E-state index in [0.29, 0.717) is 18.3 Å². The minimum Gasteiger partial charge on any atom is -0.382 e. The van der Waals surface area contributed by atoms with Crippen LogP contribution in [0.1, 0.15) is 33.1 Å². The summed E-state index contributed by atoms with van der Waals surface area (Å²) in [5, 5.41) is 3.72. The Hall–Kier alpha value is -2.38. The number of rotatable bonds is 6. The normalized spacial score (nSPS) is 23.9. The number of allylic oxidation sites excluding steroid dienone is 1. The molecule has 0 amide bonds. The van der Waals surface area contributed by atoms with Crippen molar-refractivity contribution in [3.8, 4) is 0 Å². The average Bonchev–Trinajstić information content (AvgIpc) is 3.15. The van der Waals surface area contributed by atoms with Gasteiger partial charge in [-0.2, -0.15) is 0 Å². The Morgan fingerprint density at radius 1 is 1.34 bits per heavy atom. The lowest BCUT2D eigenvalue weighted by atomic mass is 10.0. The van der Waals surface area contributed by atoms with Crippen LogP contribution in [-0.2, 0) is 11.0 Å². The lowest BCUT2D eigenvalue weighted by Gasteiger charge is -2.31. The molecule has 3 N–H and O–H groups in total. The number of hydrogen-bond donors (Lipinski definition) is 2. The van der Waals surface area contributed by atoms with Gasteiger partial charge in [0, 0.05) is 25.5 Å². The van der Waals surface area contributed by atoms with Crippen LogP contribution in [0.3, 0.4) is 0 Å². The maximum absolute atomic E-state index is 12.8. The van der Waals surface area contributed by atoms with Crippen LogP contribution in [0.15, 0.2) is 75.7 Å². The van der Waals surface area contributed by atoms with Gasteiger partial charge in [0.1, 0.15) is 28.7 Å². The summed E-state index contributed by atoms with van der Waals surface area (Å²) >= 11 is 0. The van der Waals surface area contributed by atoms with Crippen molar-refractivity contribution in [3.05, 3.63) is 65.8 Å². The Labute approximate surface area is 175 Å². The fourth-order valence-electron chi connectivity index (χ4n) is 4.22. The first-order valence-corrected chi connectivity index (χ1v) is 11.4. The van der Waals surface area contributed by atoms with Crippen LogP contribution in [0.2, 0.25) is 0 Å². The lowest BCUT2D eigenvalue weighted by molar-refractivity contribution is 0.246. The molecule has 3 atom stereocenters. The van der Waals surface area contributed by atoms with Crippen molar-refractivity contribution in [3.63, 3.8) is 0 Å². The Bertz CT molecular complexity index is 905. The first-order chi connectivity index (χ1) is 14.1. The number of aliphatic imine (C=N–C) groups is 1. The number of nitrogens with two attached hydrogens (primary N) is 1. The molecule has 3 heterocycles. The highest BCUT2D eigenvalue weighted by Crippen LogP contribution is 2.34. The summed E-state index contributed by atoms with van der Waals surface area (Å²) in [5.74, 6) is 1.03. The molecule has 154 valence electrons. The standard InChI is InChI=1S/C22H29N5OS/c1-3-7-16(2)22-25-19(20-21(23)24-12-15-27(20)22)17-10-13-26(14-11-17)29(28)18-8-5-4-6-9-18/h4-6,8-10,12,15-16,22,25H,3,7,11,13-14H2,1-2H3,(H2,23,24). The second-order valence-corrected chi connectivity index (χ2v) is 9.21. The number of nitrogens with one attached hydrogen (secondary N) is 1. The van der Waals surface area contributed by atoms with E-state index in [1.807, 2.05) is 40.8 Å². The molecule has 3 aliphatic heterocycles. The third kappa shape index (κ3) is 3.89. The Kier molecular flexibility index (Phi) is 5.87. The van der Waals surface area contributed by atoms with Crippen LogP contribution in [0.5, 0.6) is 0 Å². The molecule has 3 aliphatic rings. The highest BCUT2D eigenvalue weighted by Gasteiger charge is 2.37. The summed E-state index contributed by atoms with van der Waals surface area (Å²) in [4.78, 5) is 7.40. The first-order valence-electron chi connectivity index (χ1n) is 10.3. The highest BCUT2D eigenvalue weighted by molar-refractivity contribution is 7.82. The fourth-order valence-corrected chi connectivity index (χ4v) is 5.37. The van der Waals surface area contributed by atoms with E-state index < -0.39 is 11.0 Å². The number of amidine groups is 1. The molecule has 7 heteroatoms. The quantitative estimate of drug-likeness (QED) is 0.755. The van der Waals surface area contributed by atoms with Gasteiger partial charge in [-0.15, -0.1) is 0 Å². The van der Waals surface area contributed by atoms with Crippen molar-refractivity contribution in [2.75, 3.05) is 13.1 Å². The summed E-state index contributed by atoms with van der Waals surface area (Å²) in [6, 6.07) is 9.64. The van der Waals surface area contributed by atoms with E-state index in [-0.39, 0.29) is 6.17 Å². The molecular weight excluding hydrogens is 382 g/mol. The maximum Gasteiger partial charge on any atom is 0.149 e. The molecule has 0 spiro atoms. The zero-order chi connectivity index (χ0) is 20.4. The van der Waals surface area contributed by atoms with Gasteiger partial charge in [0.15, 0.2) is 0 Å². The topological polar surface area (TPSA) is 74.0 Å². The van der Waals surface area contributed by atoms with Crippen molar-refractivity contribution in [2.24, 2.45) is 16.6 Å². The Morgan fingerprint density at radius 2 is 2.14 bits per heavy atom. The van der Waals surface area contributed by atoms with E-state index in [2.05, 4.69) is 35.1 Å². The van der Waals surface area contributed by atoms with Gasteiger partial charge in [0.05, 0.1) is 10.6 Å². The molecule has 0 bridgehead atoms. The van der Waals surface area contributed by atoms with Gasteiger partial charge >= 0.3 is 0 Å². The largest absolute Gasteiger partial charge is 0.382 e. The summed E-state index contributed by atoms with van der Waals surface area (Å²) in [7, 11) is -1.14. The molecule has 0 fully saturated rings. The molecule has 29 heavy (non-hydrogen) atoms.